The first-order chi connectivity index (χ1) is 4.86. The number of hydrogen-bond acceptors (Lipinski definition) is 2. The summed E-state index contributed by atoms with van der Waals surface area (Å²) in [6.07, 6.45) is 0. The first-order valence-corrected chi connectivity index (χ1v) is 3.02. The minimum Gasteiger partial charge on any atom is -0.497 e. The monoisotopic (exact) mass is 137 g/mol. The van der Waals surface area contributed by atoms with Crippen molar-refractivity contribution in [3.8, 4) is 5.75 Å². The highest BCUT2D eigenvalue weighted by molar-refractivity contribution is 5.26. The van der Waals surface area contributed by atoms with Crippen LogP contribution in [-0.2, 0) is 6.61 Å². The molecule has 0 saturated carbocycles. The molecule has 0 aliphatic rings. The standard InChI is InChI=1S/C8H9O2/c1-10-8-4-2-3-7(5-8)6-9/h2,4-5,9H,6H2,1H3. The number of rotatable bonds is 2. The Kier molecular flexibility index (Phi) is 2.29. The van der Waals surface area contributed by atoms with Crippen LogP contribution in [0.2, 0.25) is 0 Å². The van der Waals surface area contributed by atoms with Crippen molar-refractivity contribution < 1.29 is 9.84 Å². The summed E-state index contributed by atoms with van der Waals surface area (Å²) >= 11 is 0. The van der Waals surface area contributed by atoms with Gasteiger partial charge in [0.25, 0.3) is 0 Å². The smallest absolute Gasteiger partial charge is 0.119 e. The zero-order valence-corrected chi connectivity index (χ0v) is 5.79. The molecule has 0 aliphatic carbocycles. The molecule has 2 heteroatoms. The third-order valence-corrected chi connectivity index (χ3v) is 1.24. The zero-order valence-electron chi connectivity index (χ0n) is 5.79. The average molecular weight is 137 g/mol. The molecular formula is C8H9O2. The van der Waals surface area contributed by atoms with Crippen LogP contribution in [-0.4, -0.2) is 12.2 Å². The number of aliphatic hydroxyl groups excluding tert-OH is 1. The van der Waals surface area contributed by atoms with Crippen LogP contribution in [0.4, 0.5) is 0 Å². The van der Waals surface area contributed by atoms with Gasteiger partial charge in [-0.1, -0.05) is 6.07 Å². The van der Waals surface area contributed by atoms with Crippen molar-refractivity contribution in [2.75, 3.05) is 7.11 Å². The summed E-state index contributed by atoms with van der Waals surface area (Å²) < 4.78 is 4.93. The van der Waals surface area contributed by atoms with E-state index in [1.54, 1.807) is 25.3 Å². The SMILES string of the molecule is COc1cc[c]c(CO)c1. The molecular weight excluding hydrogens is 128 g/mol. The molecule has 0 atom stereocenters. The van der Waals surface area contributed by atoms with Gasteiger partial charge in [-0.05, 0) is 23.8 Å². The molecule has 0 aliphatic heterocycles. The zero-order chi connectivity index (χ0) is 7.40. The lowest BCUT2D eigenvalue weighted by Gasteiger charge is -1.99. The molecule has 1 aromatic carbocycles. The Hall–Kier alpha value is -1.02. The molecule has 0 bridgehead atoms. The fraction of sp³-hybridized carbons (Fsp3) is 0.250. The molecule has 10 heavy (non-hydrogen) atoms. The van der Waals surface area contributed by atoms with Gasteiger partial charge in [0.05, 0.1) is 13.7 Å². The number of hydrogen-bond donors (Lipinski definition) is 1. The third kappa shape index (κ3) is 1.48. The first-order valence-electron chi connectivity index (χ1n) is 3.02. The van der Waals surface area contributed by atoms with Crippen LogP contribution in [0.15, 0.2) is 18.2 Å². The summed E-state index contributed by atoms with van der Waals surface area (Å²) in [5.74, 6) is 0.753. The predicted molar refractivity (Wildman–Crippen MR) is 37.8 cm³/mol. The fourth-order valence-electron chi connectivity index (χ4n) is 0.711. The van der Waals surface area contributed by atoms with E-state index < -0.39 is 0 Å². The molecule has 0 aromatic heterocycles. The molecule has 0 spiro atoms. The summed E-state index contributed by atoms with van der Waals surface area (Å²) in [5, 5.41) is 8.67. The van der Waals surface area contributed by atoms with E-state index in [9.17, 15) is 0 Å². The van der Waals surface area contributed by atoms with Crippen LogP contribution < -0.4 is 4.74 Å². The van der Waals surface area contributed by atoms with Gasteiger partial charge >= 0.3 is 0 Å². The second-order valence-corrected chi connectivity index (χ2v) is 1.91. The first kappa shape index (κ1) is 7.09. The van der Waals surface area contributed by atoms with Gasteiger partial charge in [-0.15, -0.1) is 0 Å². The largest absolute Gasteiger partial charge is 0.497 e. The second kappa shape index (κ2) is 3.22. The Morgan fingerprint density at radius 1 is 1.70 bits per heavy atom. The second-order valence-electron chi connectivity index (χ2n) is 1.91. The van der Waals surface area contributed by atoms with E-state index in [-0.39, 0.29) is 6.61 Å². The Labute approximate surface area is 60.1 Å². The van der Waals surface area contributed by atoms with Crippen LogP contribution in [0.1, 0.15) is 5.56 Å². The third-order valence-electron chi connectivity index (χ3n) is 1.24. The minimum absolute atomic E-state index is 0.0111. The van der Waals surface area contributed by atoms with E-state index in [1.165, 1.54) is 0 Å². The topological polar surface area (TPSA) is 29.5 Å². The van der Waals surface area contributed by atoms with Crippen LogP contribution in [0, 0.1) is 6.07 Å². The van der Waals surface area contributed by atoms with E-state index in [1.807, 2.05) is 0 Å². The van der Waals surface area contributed by atoms with E-state index in [0.717, 1.165) is 11.3 Å². The summed E-state index contributed by atoms with van der Waals surface area (Å²) in [4.78, 5) is 0. The van der Waals surface area contributed by atoms with Crippen molar-refractivity contribution in [2.24, 2.45) is 0 Å². The molecule has 0 heterocycles. The van der Waals surface area contributed by atoms with E-state index in [0.29, 0.717) is 0 Å². The van der Waals surface area contributed by atoms with Crippen molar-refractivity contribution in [3.63, 3.8) is 0 Å². The fourth-order valence-corrected chi connectivity index (χ4v) is 0.711. The van der Waals surface area contributed by atoms with Crippen molar-refractivity contribution in [1.82, 2.24) is 0 Å². The lowest BCUT2D eigenvalue weighted by molar-refractivity contribution is 0.280. The molecule has 0 amide bonds. The molecule has 1 aromatic rings. The lowest BCUT2D eigenvalue weighted by Crippen LogP contribution is -1.86. The molecule has 53 valence electrons. The Morgan fingerprint density at radius 3 is 3.10 bits per heavy atom. The van der Waals surface area contributed by atoms with Gasteiger partial charge in [0.2, 0.25) is 0 Å². The van der Waals surface area contributed by atoms with Crippen LogP contribution in [0.25, 0.3) is 0 Å². The number of ether oxygens (including phenoxy) is 1. The van der Waals surface area contributed by atoms with E-state index in [4.69, 9.17) is 9.84 Å². The van der Waals surface area contributed by atoms with Gasteiger partial charge < -0.3 is 9.84 Å². The molecule has 1 radical (unpaired) electrons. The normalized spacial score (nSPS) is 9.40. The highest BCUT2D eigenvalue weighted by Gasteiger charge is 1.91. The van der Waals surface area contributed by atoms with Crippen LogP contribution >= 0.6 is 0 Å². The van der Waals surface area contributed by atoms with Gasteiger partial charge in [0.1, 0.15) is 5.75 Å². The van der Waals surface area contributed by atoms with Crippen LogP contribution in [0.5, 0.6) is 5.75 Å². The average Bonchev–Trinajstić information content (AvgIpc) is 2.05. The molecule has 1 rings (SSSR count). The lowest BCUT2D eigenvalue weighted by atomic mass is 10.2. The van der Waals surface area contributed by atoms with E-state index in [2.05, 4.69) is 6.07 Å². The van der Waals surface area contributed by atoms with Gasteiger partial charge in [0, 0.05) is 0 Å². The van der Waals surface area contributed by atoms with Gasteiger partial charge in [-0.3, -0.25) is 0 Å². The quantitative estimate of drug-likeness (QED) is 0.658. The minimum atomic E-state index is 0.0111. The maximum Gasteiger partial charge on any atom is 0.119 e. The molecule has 2 nitrogen and oxygen atoms in total. The number of methoxy groups -OCH3 is 1. The summed E-state index contributed by atoms with van der Waals surface area (Å²) in [5.41, 5.74) is 0.749. The predicted octanol–water partition coefficient (Wildman–Crippen LogP) is 0.988. The Morgan fingerprint density at radius 2 is 2.50 bits per heavy atom. The van der Waals surface area contributed by atoms with Gasteiger partial charge in [-0.2, -0.15) is 0 Å². The highest BCUT2D eigenvalue weighted by atomic mass is 16.5. The summed E-state index contributed by atoms with van der Waals surface area (Å²) in [6.45, 7) is 0.0111. The maximum atomic E-state index is 8.67. The highest BCUT2D eigenvalue weighted by Crippen LogP contribution is 2.11. The molecule has 0 fully saturated rings. The van der Waals surface area contributed by atoms with Crippen molar-refractivity contribution in [1.29, 1.82) is 0 Å². The van der Waals surface area contributed by atoms with Crippen molar-refractivity contribution >= 4 is 0 Å². The summed E-state index contributed by atoms with van der Waals surface area (Å²) in [6, 6.07) is 8.13. The molecule has 0 unspecified atom stereocenters. The number of benzene rings is 1. The van der Waals surface area contributed by atoms with Gasteiger partial charge in [-0.25, -0.2) is 0 Å². The van der Waals surface area contributed by atoms with Crippen molar-refractivity contribution in [3.05, 3.63) is 29.8 Å². The van der Waals surface area contributed by atoms with Gasteiger partial charge in [0.15, 0.2) is 0 Å². The Bertz CT molecular complexity index is 189. The van der Waals surface area contributed by atoms with Crippen molar-refractivity contribution in [2.45, 2.75) is 6.61 Å². The molecule has 1 N–H and O–H groups in total. The van der Waals surface area contributed by atoms with E-state index >= 15 is 0 Å². The Balaban J connectivity index is 2.87. The molecule has 0 saturated heterocycles. The maximum absolute atomic E-state index is 8.67. The number of aliphatic hydroxyl groups is 1. The van der Waals surface area contributed by atoms with Crippen LogP contribution in [0.3, 0.4) is 0 Å². The summed E-state index contributed by atoms with van der Waals surface area (Å²) in [7, 11) is 1.59.